The van der Waals surface area contributed by atoms with E-state index in [1.807, 2.05) is 25.5 Å². The van der Waals surface area contributed by atoms with Crippen LogP contribution in [0.4, 0.5) is 13.2 Å². The molecular formula is C18H24F3N5O. The van der Waals surface area contributed by atoms with Crippen LogP contribution in [0.1, 0.15) is 54.0 Å². The summed E-state index contributed by atoms with van der Waals surface area (Å²) in [6.45, 7) is 6.74. The Bertz CT molecular complexity index is 848. The van der Waals surface area contributed by atoms with Crippen LogP contribution in [0.2, 0.25) is 0 Å². The number of likely N-dealkylation sites (N-methyl/N-ethyl adjacent to an activating group) is 1. The Hall–Kier alpha value is -2.32. The van der Waals surface area contributed by atoms with Crippen molar-refractivity contribution in [3.8, 4) is 0 Å². The molecule has 0 aromatic carbocycles. The van der Waals surface area contributed by atoms with Gasteiger partial charge in [0, 0.05) is 43.0 Å². The van der Waals surface area contributed by atoms with Gasteiger partial charge in [-0.1, -0.05) is 0 Å². The lowest BCUT2D eigenvalue weighted by Crippen LogP contribution is -2.31. The lowest BCUT2D eigenvalue weighted by Gasteiger charge is -2.18. The third-order valence-electron chi connectivity index (χ3n) is 5.03. The Morgan fingerprint density at radius 3 is 2.44 bits per heavy atom. The van der Waals surface area contributed by atoms with Gasteiger partial charge in [0.25, 0.3) is 0 Å². The molecule has 0 spiro atoms. The third-order valence-corrected chi connectivity index (χ3v) is 5.03. The molecule has 27 heavy (non-hydrogen) atoms. The van der Waals surface area contributed by atoms with E-state index in [1.165, 1.54) is 9.58 Å². The number of alkyl halides is 3. The van der Waals surface area contributed by atoms with Gasteiger partial charge in [-0.15, -0.1) is 0 Å². The summed E-state index contributed by atoms with van der Waals surface area (Å²) in [5.41, 5.74) is 2.37. The van der Waals surface area contributed by atoms with E-state index in [4.69, 9.17) is 0 Å². The highest BCUT2D eigenvalue weighted by Crippen LogP contribution is 2.42. The molecule has 1 aliphatic rings. The number of nitrogens with zero attached hydrogens (tertiary/aromatic N) is 5. The van der Waals surface area contributed by atoms with Crippen LogP contribution in [0.5, 0.6) is 0 Å². The maximum absolute atomic E-state index is 13.0. The normalized spacial score (nSPS) is 14.6. The first-order chi connectivity index (χ1) is 12.6. The third kappa shape index (κ3) is 4.01. The highest BCUT2D eigenvalue weighted by molar-refractivity contribution is 5.75. The lowest BCUT2D eigenvalue weighted by atomic mass is 10.2. The first-order valence-corrected chi connectivity index (χ1v) is 9.03. The minimum absolute atomic E-state index is 0.0685. The largest absolute Gasteiger partial charge is 0.435 e. The number of hydrogen-bond donors (Lipinski definition) is 0. The molecule has 9 heteroatoms. The summed E-state index contributed by atoms with van der Waals surface area (Å²) in [6, 6.07) is 1.07. The summed E-state index contributed by atoms with van der Waals surface area (Å²) in [5.74, 6) is -0.212. The number of carbonyl (C=O) groups excluding carboxylic acids is 1. The van der Waals surface area contributed by atoms with Gasteiger partial charge in [0.1, 0.15) is 6.54 Å². The number of halogens is 3. The predicted molar refractivity (Wildman–Crippen MR) is 93.1 cm³/mol. The van der Waals surface area contributed by atoms with Crippen molar-refractivity contribution in [2.45, 2.75) is 65.3 Å². The Labute approximate surface area is 155 Å². The van der Waals surface area contributed by atoms with E-state index >= 15 is 0 Å². The molecule has 0 unspecified atom stereocenters. The Balaban J connectivity index is 1.75. The van der Waals surface area contributed by atoms with E-state index in [2.05, 4.69) is 10.2 Å². The zero-order valence-corrected chi connectivity index (χ0v) is 16.0. The summed E-state index contributed by atoms with van der Waals surface area (Å²) in [6.07, 6.45) is -2.84. The van der Waals surface area contributed by atoms with Gasteiger partial charge in [-0.3, -0.25) is 14.2 Å². The second-order valence-corrected chi connectivity index (χ2v) is 7.10. The van der Waals surface area contributed by atoms with Crippen LogP contribution in [0.3, 0.4) is 0 Å². The van der Waals surface area contributed by atoms with Crippen molar-refractivity contribution >= 4 is 5.91 Å². The zero-order valence-electron chi connectivity index (χ0n) is 16.0. The monoisotopic (exact) mass is 383 g/mol. The fourth-order valence-corrected chi connectivity index (χ4v) is 3.25. The molecule has 0 atom stereocenters. The van der Waals surface area contributed by atoms with E-state index in [1.54, 1.807) is 7.05 Å². The molecule has 2 heterocycles. The Morgan fingerprint density at radius 2 is 1.93 bits per heavy atom. The van der Waals surface area contributed by atoms with Crippen LogP contribution in [-0.2, 0) is 30.6 Å². The molecule has 1 fully saturated rings. The molecule has 0 N–H and O–H groups in total. The predicted octanol–water partition coefficient (Wildman–Crippen LogP) is 3.27. The molecule has 0 bridgehead atoms. The quantitative estimate of drug-likeness (QED) is 0.769. The summed E-state index contributed by atoms with van der Waals surface area (Å²) in [5, 5.41) is 8.09. The SMILES string of the molecule is CCn1nc(C)c(CN(C)C(=O)Cn2nc(C(F)(F)F)cc2C2CC2)c1C. The van der Waals surface area contributed by atoms with Crippen molar-refractivity contribution in [3.05, 3.63) is 34.4 Å². The highest BCUT2D eigenvalue weighted by Gasteiger charge is 2.38. The minimum atomic E-state index is -4.51. The maximum Gasteiger partial charge on any atom is 0.435 e. The van der Waals surface area contributed by atoms with Crippen LogP contribution >= 0.6 is 0 Å². The number of carbonyl (C=O) groups is 1. The molecule has 0 aliphatic heterocycles. The fourth-order valence-electron chi connectivity index (χ4n) is 3.25. The number of aromatic nitrogens is 4. The minimum Gasteiger partial charge on any atom is -0.340 e. The highest BCUT2D eigenvalue weighted by atomic mass is 19.4. The standard InChI is InChI=1S/C18H24F3N5O/c1-5-25-12(3)14(11(2)22-25)9-24(4)17(27)10-26-15(13-6-7-13)8-16(23-26)18(19,20)21/h8,13H,5-7,9-10H2,1-4H3. The molecule has 1 aliphatic carbocycles. The molecule has 0 saturated heterocycles. The zero-order chi connectivity index (χ0) is 19.9. The van der Waals surface area contributed by atoms with Crippen LogP contribution in [0.25, 0.3) is 0 Å². The molecule has 148 valence electrons. The molecule has 1 saturated carbocycles. The topological polar surface area (TPSA) is 56.0 Å². The lowest BCUT2D eigenvalue weighted by molar-refractivity contribution is -0.142. The van der Waals surface area contributed by atoms with Crippen molar-refractivity contribution in [3.63, 3.8) is 0 Å². The van der Waals surface area contributed by atoms with Crippen LogP contribution in [0.15, 0.2) is 6.07 Å². The van der Waals surface area contributed by atoms with Gasteiger partial charge in [0.15, 0.2) is 5.69 Å². The smallest absolute Gasteiger partial charge is 0.340 e. The summed E-state index contributed by atoms with van der Waals surface area (Å²) in [4.78, 5) is 14.1. The van der Waals surface area contributed by atoms with Gasteiger partial charge >= 0.3 is 6.18 Å². The van der Waals surface area contributed by atoms with Crippen molar-refractivity contribution < 1.29 is 18.0 Å². The molecule has 2 aromatic rings. The number of hydrogen-bond acceptors (Lipinski definition) is 3. The van der Waals surface area contributed by atoms with Crippen molar-refractivity contribution in [1.29, 1.82) is 0 Å². The molecule has 6 nitrogen and oxygen atoms in total. The van der Waals surface area contributed by atoms with Crippen molar-refractivity contribution in [2.24, 2.45) is 0 Å². The van der Waals surface area contributed by atoms with Crippen LogP contribution in [0, 0.1) is 13.8 Å². The average Bonchev–Trinajstić information content (AvgIpc) is 3.29. The van der Waals surface area contributed by atoms with Crippen molar-refractivity contribution in [2.75, 3.05) is 7.05 Å². The Kier molecular flexibility index (Phi) is 5.05. The van der Waals surface area contributed by atoms with Gasteiger partial charge in [-0.05, 0) is 39.7 Å². The average molecular weight is 383 g/mol. The number of aryl methyl sites for hydroxylation is 2. The summed E-state index contributed by atoms with van der Waals surface area (Å²) >= 11 is 0. The fraction of sp³-hybridized carbons (Fsp3) is 0.611. The Morgan fingerprint density at radius 1 is 1.26 bits per heavy atom. The van der Waals surface area contributed by atoms with Gasteiger partial charge < -0.3 is 4.90 Å². The second-order valence-electron chi connectivity index (χ2n) is 7.10. The van der Waals surface area contributed by atoms with E-state index in [0.29, 0.717) is 12.2 Å². The molecular weight excluding hydrogens is 359 g/mol. The first kappa shape index (κ1) is 19.4. The molecule has 1 amide bonds. The first-order valence-electron chi connectivity index (χ1n) is 9.03. The second kappa shape index (κ2) is 7.01. The van der Waals surface area contributed by atoms with Gasteiger partial charge in [-0.25, -0.2) is 0 Å². The molecule has 2 aromatic heterocycles. The van der Waals surface area contributed by atoms with E-state index < -0.39 is 11.9 Å². The molecule has 0 radical (unpaired) electrons. The number of rotatable bonds is 6. The maximum atomic E-state index is 13.0. The van der Waals surface area contributed by atoms with Crippen LogP contribution in [-0.4, -0.2) is 37.4 Å². The van der Waals surface area contributed by atoms with Crippen molar-refractivity contribution in [1.82, 2.24) is 24.5 Å². The van der Waals surface area contributed by atoms with Gasteiger partial charge in [-0.2, -0.15) is 23.4 Å². The van der Waals surface area contributed by atoms with Gasteiger partial charge in [0.05, 0.1) is 5.69 Å². The summed E-state index contributed by atoms with van der Waals surface area (Å²) in [7, 11) is 1.65. The number of amides is 1. The van der Waals surface area contributed by atoms with Crippen LogP contribution < -0.4 is 0 Å². The molecule has 3 rings (SSSR count). The van der Waals surface area contributed by atoms with E-state index in [9.17, 15) is 18.0 Å². The van der Waals surface area contributed by atoms with E-state index in [-0.39, 0.29) is 18.4 Å². The van der Waals surface area contributed by atoms with Gasteiger partial charge in [0.2, 0.25) is 5.91 Å². The summed E-state index contributed by atoms with van der Waals surface area (Å²) < 4.78 is 42.1. The van der Waals surface area contributed by atoms with E-state index in [0.717, 1.165) is 42.4 Å².